The van der Waals surface area contributed by atoms with Gasteiger partial charge in [0.25, 0.3) is 5.91 Å². The number of halogens is 3. The molecule has 5 nitrogen and oxygen atoms in total. The van der Waals surface area contributed by atoms with Gasteiger partial charge in [-0.05, 0) is 41.5 Å². The van der Waals surface area contributed by atoms with Crippen LogP contribution in [0.4, 0.5) is 19.0 Å². The number of alkyl halides is 3. The number of carbonyl (C=O) groups excluding carboxylic acids is 1. The van der Waals surface area contributed by atoms with E-state index in [-0.39, 0.29) is 16.9 Å². The fraction of sp³-hybridized carbons (Fsp3) is 0.0500. The Bertz CT molecular complexity index is 1030. The van der Waals surface area contributed by atoms with Crippen LogP contribution in [0.25, 0.3) is 11.1 Å². The first-order valence-electron chi connectivity index (χ1n) is 8.03. The van der Waals surface area contributed by atoms with Crippen LogP contribution in [0, 0.1) is 0 Å². The monoisotopic (exact) mass is 386 g/mol. The van der Waals surface area contributed by atoms with Crippen LogP contribution in [0.5, 0.6) is 0 Å². The highest BCUT2D eigenvalue weighted by Gasteiger charge is 2.30. The summed E-state index contributed by atoms with van der Waals surface area (Å²) in [6.07, 6.45) is -3.12. The summed E-state index contributed by atoms with van der Waals surface area (Å²) in [6, 6.07) is 13.5. The molecule has 0 saturated carbocycles. The Morgan fingerprint density at radius 3 is 2.18 bits per heavy atom. The number of hydrogen-bond donors (Lipinski definition) is 2. The van der Waals surface area contributed by atoms with Gasteiger partial charge in [-0.15, -0.1) is 0 Å². The van der Waals surface area contributed by atoms with Gasteiger partial charge in [-0.25, -0.2) is 9.78 Å². The maximum atomic E-state index is 12.8. The van der Waals surface area contributed by atoms with E-state index in [4.69, 9.17) is 0 Å². The molecule has 3 aromatic rings. The molecule has 0 fully saturated rings. The lowest BCUT2D eigenvalue weighted by molar-refractivity contribution is -0.137. The second-order valence-electron chi connectivity index (χ2n) is 5.78. The number of nitrogens with zero attached hydrogens (tertiary/aromatic N) is 1. The minimum absolute atomic E-state index is 0.123. The summed E-state index contributed by atoms with van der Waals surface area (Å²) in [6.45, 7) is 0. The number of carboxylic acid groups (broad SMARTS) is 1. The number of carbonyl (C=O) groups is 2. The molecule has 3 rings (SSSR count). The summed E-state index contributed by atoms with van der Waals surface area (Å²) in [4.78, 5) is 27.8. The van der Waals surface area contributed by atoms with Crippen LogP contribution in [0.1, 0.15) is 26.3 Å². The maximum absolute atomic E-state index is 12.8. The van der Waals surface area contributed by atoms with Crippen LogP contribution in [0.3, 0.4) is 0 Å². The summed E-state index contributed by atoms with van der Waals surface area (Å²) >= 11 is 0. The topological polar surface area (TPSA) is 79.3 Å². The van der Waals surface area contributed by atoms with Crippen molar-refractivity contribution in [3.63, 3.8) is 0 Å². The Kier molecular flexibility index (Phi) is 5.12. The summed E-state index contributed by atoms with van der Waals surface area (Å²) in [5, 5.41) is 11.6. The van der Waals surface area contributed by atoms with Gasteiger partial charge in [0.15, 0.2) is 0 Å². The van der Waals surface area contributed by atoms with Crippen molar-refractivity contribution in [3.05, 3.63) is 83.6 Å². The van der Waals surface area contributed by atoms with Crippen molar-refractivity contribution in [1.29, 1.82) is 0 Å². The number of rotatable bonds is 4. The number of aromatic carboxylic acids is 1. The maximum Gasteiger partial charge on any atom is 0.416 e. The zero-order valence-electron chi connectivity index (χ0n) is 14.2. The molecule has 2 N–H and O–H groups in total. The van der Waals surface area contributed by atoms with Crippen molar-refractivity contribution >= 4 is 17.7 Å². The highest BCUT2D eigenvalue weighted by atomic mass is 19.4. The van der Waals surface area contributed by atoms with Gasteiger partial charge in [0, 0.05) is 11.8 Å². The van der Waals surface area contributed by atoms with Crippen molar-refractivity contribution in [2.45, 2.75) is 6.18 Å². The van der Waals surface area contributed by atoms with Crippen LogP contribution < -0.4 is 5.32 Å². The molecule has 1 amide bonds. The van der Waals surface area contributed by atoms with Gasteiger partial charge in [-0.2, -0.15) is 13.2 Å². The number of anilines is 1. The number of amides is 1. The van der Waals surface area contributed by atoms with Crippen LogP contribution in [0.2, 0.25) is 0 Å². The predicted molar refractivity (Wildman–Crippen MR) is 96.0 cm³/mol. The van der Waals surface area contributed by atoms with Gasteiger partial charge in [0.2, 0.25) is 0 Å². The first-order chi connectivity index (χ1) is 13.3. The Morgan fingerprint density at radius 1 is 0.893 bits per heavy atom. The van der Waals surface area contributed by atoms with E-state index in [1.54, 1.807) is 18.2 Å². The second-order valence-corrected chi connectivity index (χ2v) is 5.78. The predicted octanol–water partition coefficient (Wildman–Crippen LogP) is 4.72. The zero-order valence-corrected chi connectivity index (χ0v) is 14.2. The molecular formula is C20H13F3N2O3. The van der Waals surface area contributed by atoms with Gasteiger partial charge in [-0.3, -0.25) is 4.79 Å². The van der Waals surface area contributed by atoms with Crippen molar-refractivity contribution in [2.24, 2.45) is 0 Å². The molecule has 28 heavy (non-hydrogen) atoms. The fourth-order valence-electron chi connectivity index (χ4n) is 2.62. The molecule has 1 aromatic heterocycles. The Balaban J connectivity index is 1.95. The van der Waals surface area contributed by atoms with E-state index in [1.165, 1.54) is 36.5 Å². The largest absolute Gasteiger partial charge is 0.478 e. The molecule has 0 unspecified atom stereocenters. The van der Waals surface area contributed by atoms with Gasteiger partial charge in [-0.1, -0.05) is 30.3 Å². The zero-order chi connectivity index (χ0) is 20.3. The molecule has 8 heteroatoms. The van der Waals surface area contributed by atoms with Gasteiger partial charge >= 0.3 is 12.1 Å². The van der Waals surface area contributed by atoms with Crippen LogP contribution in [-0.2, 0) is 6.18 Å². The highest BCUT2D eigenvalue weighted by molar-refractivity contribution is 6.10. The number of pyridine rings is 1. The molecule has 0 atom stereocenters. The quantitative estimate of drug-likeness (QED) is 0.680. The molecule has 0 aliphatic rings. The van der Waals surface area contributed by atoms with E-state index in [2.05, 4.69) is 10.3 Å². The van der Waals surface area contributed by atoms with Crippen LogP contribution in [-0.4, -0.2) is 22.0 Å². The van der Waals surface area contributed by atoms with Gasteiger partial charge in [0.1, 0.15) is 11.4 Å². The molecule has 2 aromatic carbocycles. The lowest BCUT2D eigenvalue weighted by Crippen LogP contribution is -2.17. The number of aromatic nitrogens is 1. The van der Waals surface area contributed by atoms with E-state index in [9.17, 15) is 27.9 Å². The van der Waals surface area contributed by atoms with E-state index in [1.807, 2.05) is 0 Å². The normalized spacial score (nSPS) is 11.1. The van der Waals surface area contributed by atoms with Crippen molar-refractivity contribution in [2.75, 3.05) is 5.32 Å². The molecule has 0 spiro atoms. The van der Waals surface area contributed by atoms with Crippen LogP contribution in [0.15, 0.2) is 66.9 Å². The second kappa shape index (κ2) is 7.51. The fourth-order valence-corrected chi connectivity index (χ4v) is 2.62. The average molecular weight is 386 g/mol. The Morgan fingerprint density at radius 2 is 1.54 bits per heavy atom. The standard InChI is InChI=1S/C20H13F3N2O3/c21-20(22,23)13-9-7-12(8-10-13)14-4-1-2-5-15(14)18(26)25-17-16(19(27)28)6-3-11-24-17/h1-11H,(H,27,28)(H,24,25,26). The van der Waals surface area contributed by atoms with E-state index in [0.717, 1.165) is 12.1 Å². The average Bonchev–Trinajstić information content (AvgIpc) is 2.67. The third-order valence-corrected chi connectivity index (χ3v) is 3.96. The third-order valence-electron chi connectivity index (χ3n) is 3.96. The highest BCUT2D eigenvalue weighted by Crippen LogP contribution is 2.32. The lowest BCUT2D eigenvalue weighted by Gasteiger charge is -2.12. The number of hydrogen-bond acceptors (Lipinski definition) is 3. The van der Waals surface area contributed by atoms with Crippen molar-refractivity contribution in [3.8, 4) is 11.1 Å². The molecule has 0 radical (unpaired) electrons. The van der Waals surface area contributed by atoms with E-state index in [0.29, 0.717) is 11.1 Å². The SMILES string of the molecule is O=C(Nc1ncccc1C(=O)O)c1ccccc1-c1ccc(C(F)(F)F)cc1. The summed E-state index contributed by atoms with van der Waals surface area (Å²) in [5.74, 6) is -2.00. The summed E-state index contributed by atoms with van der Waals surface area (Å²) < 4.78 is 38.3. The summed E-state index contributed by atoms with van der Waals surface area (Å²) in [5.41, 5.74) is 0.0182. The number of nitrogens with one attached hydrogen (secondary N) is 1. The molecule has 0 bridgehead atoms. The van der Waals surface area contributed by atoms with Crippen molar-refractivity contribution in [1.82, 2.24) is 4.98 Å². The molecular weight excluding hydrogens is 373 g/mol. The third kappa shape index (κ3) is 4.01. The molecule has 1 heterocycles. The van der Waals surface area contributed by atoms with Crippen LogP contribution >= 0.6 is 0 Å². The van der Waals surface area contributed by atoms with Crippen molar-refractivity contribution < 1.29 is 27.9 Å². The summed E-state index contributed by atoms with van der Waals surface area (Å²) in [7, 11) is 0. The minimum atomic E-state index is -4.46. The van der Waals surface area contributed by atoms with Gasteiger partial charge in [0.05, 0.1) is 5.56 Å². The first kappa shape index (κ1) is 19.1. The molecule has 0 saturated heterocycles. The van der Waals surface area contributed by atoms with E-state index >= 15 is 0 Å². The first-order valence-corrected chi connectivity index (χ1v) is 8.03. The Hall–Kier alpha value is -3.68. The van der Waals surface area contributed by atoms with Gasteiger partial charge < -0.3 is 10.4 Å². The Labute approximate surface area is 157 Å². The molecule has 0 aliphatic heterocycles. The molecule has 0 aliphatic carbocycles. The smallest absolute Gasteiger partial charge is 0.416 e. The number of carboxylic acids is 1. The molecule has 142 valence electrons. The minimum Gasteiger partial charge on any atom is -0.478 e. The van der Waals surface area contributed by atoms with E-state index < -0.39 is 23.6 Å². The lowest BCUT2D eigenvalue weighted by atomic mass is 9.98. The number of benzene rings is 2.